The summed E-state index contributed by atoms with van der Waals surface area (Å²) < 4.78 is 0. The molecule has 2 saturated carbocycles. The van der Waals surface area contributed by atoms with E-state index in [0.29, 0.717) is 0 Å². The molecule has 1 N–H and O–H groups in total. The van der Waals surface area contributed by atoms with E-state index in [9.17, 15) is 0 Å². The fraction of sp³-hybridized carbons (Fsp3) is 1.00. The Kier molecular flexibility index (Phi) is 6.42. The van der Waals surface area contributed by atoms with Gasteiger partial charge in [0.1, 0.15) is 0 Å². The van der Waals surface area contributed by atoms with Crippen LogP contribution in [0.15, 0.2) is 0 Å². The van der Waals surface area contributed by atoms with Gasteiger partial charge in [-0.3, -0.25) is 4.90 Å². The summed E-state index contributed by atoms with van der Waals surface area (Å²) in [6.45, 7) is 3.93. The van der Waals surface area contributed by atoms with E-state index >= 15 is 0 Å². The third kappa shape index (κ3) is 4.69. The van der Waals surface area contributed by atoms with Crippen LogP contribution in [0.5, 0.6) is 0 Å². The van der Waals surface area contributed by atoms with Crippen LogP contribution in [0, 0.1) is 5.92 Å². The van der Waals surface area contributed by atoms with Crippen LogP contribution in [0.2, 0.25) is 0 Å². The average Bonchev–Trinajstić information content (AvgIpc) is 2.58. The first-order chi connectivity index (χ1) is 10.4. The Morgan fingerprint density at radius 2 is 1.19 bits per heavy atom. The Hall–Kier alpha value is -0.0800. The van der Waals surface area contributed by atoms with Crippen molar-refractivity contribution in [1.29, 1.82) is 0 Å². The highest BCUT2D eigenvalue weighted by Crippen LogP contribution is 2.31. The molecule has 0 amide bonds. The van der Waals surface area contributed by atoms with E-state index in [-0.39, 0.29) is 0 Å². The van der Waals surface area contributed by atoms with E-state index < -0.39 is 0 Å². The minimum absolute atomic E-state index is 0.934. The number of nitrogens with one attached hydrogen (secondary N) is 1. The Morgan fingerprint density at radius 1 is 0.667 bits per heavy atom. The molecule has 0 radical (unpaired) electrons. The lowest BCUT2D eigenvalue weighted by Crippen LogP contribution is -2.46. The van der Waals surface area contributed by atoms with Gasteiger partial charge in [0.2, 0.25) is 0 Å². The molecule has 3 fully saturated rings. The zero-order chi connectivity index (χ0) is 14.3. The number of hydrogen-bond acceptors (Lipinski definition) is 2. The Morgan fingerprint density at radius 3 is 1.71 bits per heavy atom. The third-order valence-corrected chi connectivity index (χ3v) is 6.34. The normalized spacial score (nSPS) is 27.3. The van der Waals surface area contributed by atoms with Crippen molar-refractivity contribution in [3.8, 4) is 0 Å². The lowest BCUT2D eigenvalue weighted by molar-refractivity contribution is 0.0726. The molecule has 1 saturated heterocycles. The van der Waals surface area contributed by atoms with Crippen molar-refractivity contribution in [2.75, 3.05) is 19.6 Å². The molecule has 0 aromatic carbocycles. The molecule has 1 aliphatic heterocycles. The van der Waals surface area contributed by atoms with Gasteiger partial charge >= 0.3 is 0 Å². The SMILES string of the molecule is C1CCC(N(CCC2CCNCC2)C2CCCCC2)CC1. The van der Waals surface area contributed by atoms with Gasteiger partial charge in [-0.25, -0.2) is 0 Å². The van der Waals surface area contributed by atoms with Crippen molar-refractivity contribution in [3.63, 3.8) is 0 Å². The topological polar surface area (TPSA) is 15.3 Å². The van der Waals surface area contributed by atoms with Gasteiger partial charge in [0.15, 0.2) is 0 Å². The smallest absolute Gasteiger partial charge is 0.00981 e. The van der Waals surface area contributed by atoms with Gasteiger partial charge in [0.05, 0.1) is 0 Å². The number of hydrogen-bond donors (Lipinski definition) is 1. The van der Waals surface area contributed by atoms with Crippen molar-refractivity contribution in [1.82, 2.24) is 10.2 Å². The second kappa shape index (κ2) is 8.53. The van der Waals surface area contributed by atoms with Crippen LogP contribution in [-0.2, 0) is 0 Å². The van der Waals surface area contributed by atoms with Crippen molar-refractivity contribution in [2.45, 2.75) is 95.6 Å². The van der Waals surface area contributed by atoms with Crippen LogP contribution < -0.4 is 5.32 Å². The van der Waals surface area contributed by atoms with E-state index in [1.807, 2.05) is 0 Å². The summed E-state index contributed by atoms with van der Waals surface area (Å²) in [5.74, 6) is 1.00. The highest BCUT2D eigenvalue weighted by atomic mass is 15.2. The molecule has 0 bridgehead atoms. The fourth-order valence-corrected chi connectivity index (χ4v) is 4.99. The van der Waals surface area contributed by atoms with Gasteiger partial charge in [0, 0.05) is 12.1 Å². The first-order valence-electron chi connectivity index (χ1n) is 9.90. The van der Waals surface area contributed by atoms with E-state index in [2.05, 4.69) is 10.2 Å². The minimum Gasteiger partial charge on any atom is -0.317 e. The molecule has 2 aliphatic carbocycles. The molecule has 1 heterocycles. The van der Waals surface area contributed by atoms with Crippen molar-refractivity contribution in [3.05, 3.63) is 0 Å². The summed E-state index contributed by atoms with van der Waals surface area (Å²) in [5.41, 5.74) is 0. The molecule has 0 unspecified atom stereocenters. The molecule has 2 nitrogen and oxygen atoms in total. The Balaban J connectivity index is 1.54. The van der Waals surface area contributed by atoms with E-state index in [1.54, 1.807) is 0 Å². The maximum atomic E-state index is 3.52. The Bertz CT molecular complexity index is 255. The van der Waals surface area contributed by atoms with Gasteiger partial charge in [-0.05, 0) is 70.5 Å². The van der Waals surface area contributed by atoms with Crippen molar-refractivity contribution >= 4 is 0 Å². The van der Waals surface area contributed by atoms with Gasteiger partial charge < -0.3 is 5.32 Å². The van der Waals surface area contributed by atoms with E-state index in [4.69, 9.17) is 0 Å². The van der Waals surface area contributed by atoms with E-state index in [0.717, 1.165) is 18.0 Å². The van der Waals surface area contributed by atoms with Crippen molar-refractivity contribution < 1.29 is 0 Å². The van der Waals surface area contributed by atoms with Crippen LogP contribution in [0.3, 0.4) is 0 Å². The minimum atomic E-state index is 0.934. The predicted molar refractivity (Wildman–Crippen MR) is 90.7 cm³/mol. The molecule has 0 aromatic rings. The standard InChI is InChI=1S/C19H36N2/c1-3-7-18(8-4-1)21(19-9-5-2-6-10-19)16-13-17-11-14-20-15-12-17/h17-20H,1-16H2. The fourth-order valence-electron chi connectivity index (χ4n) is 4.99. The van der Waals surface area contributed by atoms with Crippen LogP contribution in [0.1, 0.15) is 83.5 Å². The quantitative estimate of drug-likeness (QED) is 0.810. The zero-order valence-corrected chi connectivity index (χ0v) is 14.0. The van der Waals surface area contributed by atoms with Gasteiger partial charge in [-0.15, -0.1) is 0 Å². The van der Waals surface area contributed by atoms with Crippen molar-refractivity contribution in [2.24, 2.45) is 5.92 Å². The summed E-state index contributed by atoms with van der Waals surface area (Å²) in [7, 11) is 0. The number of piperidine rings is 1. The predicted octanol–water partition coefficient (Wildman–Crippen LogP) is 4.34. The summed E-state index contributed by atoms with van der Waals surface area (Å²) in [5, 5.41) is 3.52. The molecule has 21 heavy (non-hydrogen) atoms. The molecular formula is C19H36N2. The van der Waals surface area contributed by atoms with Crippen LogP contribution >= 0.6 is 0 Å². The second-order valence-corrected chi connectivity index (χ2v) is 7.80. The van der Waals surface area contributed by atoms with Gasteiger partial charge in [0.25, 0.3) is 0 Å². The summed E-state index contributed by atoms with van der Waals surface area (Å²) in [6, 6.07) is 1.87. The summed E-state index contributed by atoms with van der Waals surface area (Å²) in [4.78, 5) is 3.00. The summed E-state index contributed by atoms with van der Waals surface area (Å²) in [6.07, 6.45) is 19.2. The van der Waals surface area contributed by atoms with E-state index in [1.165, 1.54) is 103 Å². The highest BCUT2D eigenvalue weighted by molar-refractivity contribution is 4.84. The second-order valence-electron chi connectivity index (χ2n) is 7.80. The lowest BCUT2D eigenvalue weighted by Gasteiger charge is -2.42. The third-order valence-electron chi connectivity index (χ3n) is 6.34. The molecule has 0 atom stereocenters. The molecular weight excluding hydrogens is 256 g/mol. The maximum absolute atomic E-state index is 3.52. The highest BCUT2D eigenvalue weighted by Gasteiger charge is 2.29. The first kappa shape index (κ1) is 15.8. The van der Waals surface area contributed by atoms with Gasteiger partial charge in [-0.2, -0.15) is 0 Å². The monoisotopic (exact) mass is 292 g/mol. The largest absolute Gasteiger partial charge is 0.317 e. The molecule has 0 aromatic heterocycles. The zero-order valence-electron chi connectivity index (χ0n) is 14.0. The lowest BCUT2D eigenvalue weighted by atomic mass is 9.87. The van der Waals surface area contributed by atoms with Crippen LogP contribution in [0.25, 0.3) is 0 Å². The first-order valence-corrected chi connectivity index (χ1v) is 9.90. The Labute approximate surface area is 132 Å². The maximum Gasteiger partial charge on any atom is 0.00981 e. The molecule has 3 rings (SSSR count). The average molecular weight is 293 g/mol. The number of rotatable bonds is 5. The molecule has 3 aliphatic rings. The summed E-state index contributed by atoms with van der Waals surface area (Å²) >= 11 is 0. The van der Waals surface area contributed by atoms with Crippen LogP contribution in [-0.4, -0.2) is 36.6 Å². The van der Waals surface area contributed by atoms with Crippen LogP contribution in [0.4, 0.5) is 0 Å². The molecule has 0 spiro atoms. The number of nitrogens with zero attached hydrogens (tertiary/aromatic N) is 1. The molecule has 122 valence electrons. The van der Waals surface area contributed by atoms with Gasteiger partial charge in [-0.1, -0.05) is 38.5 Å². The molecule has 2 heteroatoms.